The molecule has 5 heteroatoms. The number of benzene rings is 3. The number of hydrogen-bond acceptors (Lipinski definition) is 3. The zero-order chi connectivity index (χ0) is 18.0. The number of nitrogens with one attached hydrogen (secondary N) is 1. The zero-order valence-electron chi connectivity index (χ0n) is 14.5. The first-order valence-electron chi connectivity index (χ1n) is 8.03. The maximum atomic E-state index is 12.8. The molecule has 0 fully saturated rings. The molecule has 0 saturated carbocycles. The van der Waals surface area contributed by atoms with E-state index in [9.17, 15) is 8.42 Å². The standard InChI is InChI=1S/C20H21NO3S/c1-14-10-19(24-3)11-15(2)20(14)25(22,23)21-13-16-8-9-17-6-4-5-7-18(17)12-16/h4-12,21H,13H2,1-3H3. The van der Waals surface area contributed by atoms with Gasteiger partial charge in [-0.25, -0.2) is 13.1 Å². The number of hydrogen-bond donors (Lipinski definition) is 1. The van der Waals surface area contributed by atoms with E-state index in [4.69, 9.17) is 4.74 Å². The van der Waals surface area contributed by atoms with Gasteiger partial charge in [0.25, 0.3) is 0 Å². The Morgan fingerprint density at radius 2 is 1.56 bits per heavy atom. The van der Waals surface area contributed by atoms with Crippen LogP contribution in [-0.2, 0) is 16.6 Å². The Labute approximate surface area is 148 Å². The number of methoxy groups -OCH3 is 1. The number of ether oxygens (including phenoxy) is 1. The predicted molar refractivity (Wildman–Crippen MR) is 100 cm³/mol. The van der Waals surface area contributed by atoms with E-state index in [0.717, 1.165) is 16.3 Å². The van der Waals surface area contributed by atoms with Crippen molar-refractivity contribution in [3.63, 3.8) is 0 Å². The molecule has 0 aliphatic rings. The first-order chi connectivity index (χ1) is 11.9. The third-order valence-electron chi connectivity index (χ3n) is 4.22. The monoisotopic (exact) mass is 355 g/mol. The first kappa shape index (κ1) is 17.5. The average molecular weight is 355 g/mol. The van der Waals surface area contributed by atoms with Crippen molar-refractivity contribution in [3.8, 4) is 5.75 Å². The quantitative estimate of drug-likeness (QED) is 0.754. The molecule has 3 aromatic carbocycles. The molecule has 0 heterocycles. The minimum atomic E-state index is -3.60. The van der Waals surface area contributed by atoms with Gasteiger partial charge in [-0.3, -0.25) is 0 Å². The molecule has 0 aliphatic carbocycles. The second-order valence-corrected chi connectivity index (χ2v) is 7.80. The molecule has 3 aromatic rings. The molecule has 1 N–H and O–H groups in total. The fraction of sp³-hybridized carbons (Fsp3) is 0.200. The van der Waals surface area contributed by atoms with E-state index in [1.165, 1.54) is 0 Å². The Balaban J connectivity index is 1.86. The van der Waals surface area contributed by atoms with Gasteiger partial charge in [0, 0.05) is 6.54 Å². The van der Waals surface area contributed by atoms with E-state index in [0.29, 0.717) is 21.8 Å². The van der Waals surface area contributed by atoms with Crippen molar-refractivity contribution in [2.75, 3.05) is 7.11 Å². The smallest absolute Gasteiger partial charge is 0.241 e. The van der Waals surface area contributed by atoms with Crippen molar-refractivity contribution < 1.29 is 13.2 Å². The number of fused-ring (bicyclic) bond motifs is 1. The first-order valence-corrected chi connectivity index (χ1v) is 9.51. The molecule has 0 aromatic heterocycles. The molecule has 3 rings (SSSR count). The van der Waals surface area contributed by atoms with E-state index >= 15 is 0 Å². The summed E-state index contributed by atoms with van der Waals surface area (Å²) in [6.45, 7) is 3.80. The van der Waals surface area contributed by atoms with Gasteiger partial charge in [0.1, 0.15) is 5.75 Å². The third kappa shape index (κ3) is 3.67. The van der Waals surface area contributed by atoms with Crippen LogP contribution in [-0.4, -0.2) is 15.5 Å². The number of aryl methyl sites for hydroxylation is 2. The topological polar surface area (TPSA) is 55.4 Å². The third-order valence-corrected chi connectivity index (χ3v) is 5.92. The Morgan fingerprint density at radius 3 is 2.20 bits per heavy atom. The predicted octanol–water partition coefficient (Wildman–Crippen LogP) is 3.94. The maximum absolute atomic E-state index is 12.8. The van der Waals surface area contributed by atoms with Gasteiger partial charge in [-0.15, -0.1) is 0 Å². The molecule has 4 nitrogen and oxygen atoms in total. The van der Waals surface area contributed by atoms with Crippen molar-refractivity contribution in [1.29, 1.82) is 0 Å². The van der Waals surface area contributed by atoms with E-state index in [1.54, 1.807) is 33.1 Å². The van der Waals surface area contributed by atoms with Crippen LogP contribution in [0.15, 0.2) is 59.5 Å². The minimum absolute atomic E-state index is 0.248. The van der Waals surface area contributed by atoms with Gasteiger partial charge in [0.15, 0.2) is 0 Å². The Kier molecular flexibility index (Phi) is 4.79. The summed E-state index contributed by atoms with van der Waals surface area (Å²) < 4.78 is 33.4. The van der Waals surface area contributed by atoms with Crippen LogP contribution in [0.3, 0.4) is 0 Å². The summed E-state index contributed by atoms with van der Waals surface area (Å²) in [5.74, 6) is 0.656. The highest BCUT2D eigenvalue weighted by atomic mass is 32.2. The summed E-state index contributed by atoms with van der Waals surface area (Å²) in [6.07, 6.45) is 0. The molecule has 0 atom stereocenters. The lowest BCUT2D eigenvalue weighted by atomic mass is 10.1. The van der Waals surface area contributed by atoms with Crippen molar-refractivity contribution >= 4 is 20.8 Å². The fourth-order valence-corrected chi connectivity index (χ4v) is 4.52. The van der Waals surface area contributed by atoms with Crippen molar-refractivity contribution in [1.82, 2.24) is 4.72 Å². The summed E-state index contributed by atoms with van der Waals surface area (Å²) in [6, 6.07) is 17.4. The minimum Gasteiger partial charge on any atom is -0.497 e. The molecule has 0 aliphatic heterocycles. The highest BCUT2D eigenvalue weighted by molar-refractivity contribution is 7.89. The average Bonchev–Trinajstić information content (AvgIpc) is 2.59. The van der Waals surface area contributed by atoms with Crippen LogP contribution in [0.4, 0.5) is 0 Å². The second-order valence-electron chi connectivity index (χ2n) is 6.10. The summed E-state index contributed by atoms with van der Waals surface area (Å²) in [7, 11) is -2.03. The second kappa shape index (κ2) is 6.86. The lowest BCUT2D eigenvalue weighted by Gasteiger charge is -2.14. The maximum Gasteiger partial charge on any atom is 0.241 e. The van der Waals surface area contributed by atoms with E-state index < -0.39 is 10.0 Å². The van der Waals surface area contributed by atoms with Crippen LogP contribution >= 0.6 is 0 Å². The van der Waals surface area contributed by atoms with Crippen molar-refractivity contribution in [2.24, 2.45) is 0 Å². The van der Waals surface area contributed by atoms with E-state index in [-0.39, 0.29) is 6.54 Å². The van der Waals surface area contributed by atoms with Crippen LogP contribution in [0.2, 0.25) is 0 Å². The number of sulfonamides is 1. The summed E-state index contributed by atoms with van der Waals surface area (Å²) in [5.41, 5.74) is 2.26. The lowest BCUT2D eigenvalue weighted by Crippen LogP contribution is -2.24. The fourth-order valence-electron chi connectivity index (χ4n) is 3.05. The molecule has 0 radical (unpaired) electrons. The molecule has 0 saturated heterocycles. The Bertz CT molecular complexity index is 1000. The summed E-state index contributed by atoms with van der Waals surface area (Å²) in [4.78, 5) is 0.314. The zero-order valence-corrected chi connectivity index (χ0v) is 15.4. The molecule has 0 unspecified atom stereocenters. The van der Waals surface area contributed by atoms with Crippen molar-refractivity contribution in [2.45, 2.75) is 25.3 Å². The van der Waals surface area contributed by atoms with Gasteiger partial charge in [-0.1, -0.05) is 36.4 Å². The summed E-state index contributed by atoms with van der Waals surface area (Å²) in [5, 5.41) is 2.23. The molecule has 130 valence electrons. The van der Waals surface area contributed by atoms with Gasteiger partial charge in [0.05, 0.1) is 12.0 Å². The van der Waals surface area contributed by atoms with Gasteiger partial charge >= 0.3 is 0 Å². The highest BCUT2D eigenvalue weighted by Gasteiger charge is 2.20. The largest absolute Gasteiger partial charge is 0.497 e. The van der Waals surface area contributed by atoms with Gasteiger partial charge in [-0.2, -0.15) is 0 Å². The molecule has 0 spiro atoms. The lowest BCUT2D eigenvalue weighted by molar-refractivity contribution is 0.413. The van der Waals surface area contributed by atoms with Crippen LogP contribution in [0.25, 0.3) is 10.8 Å². The van der Waals surface area contributed by atoms with Gasteiger partial charge < -0.3 is 4.74 Å². The van der Waals surface area contributed by atoms with Crippen LogP contribution in [0.5, 0.6) is 5.75 Å². The van der Waals surface area contributed by atoms with Crippen LogP contribution in [0, 0.1) is 13.8 Å². The van der Waals surface area contributed by atoms with Crippen LogP contribution < -0.4 is 9.46 Å². The molecular formula is C20H21NO3S. The number of rotatable bonds is 5. The SMILES string of the molecule is COc1cc(C)c(S(=O)(=O)NCc2ccc3ccccc3c2)c(C)c1. The van der Waals surface area contributed by atoms with Crippen molar-refractivity contribution in [3.05, 3.63) is 71.3 Å². The molecular weight excluding hydrogens is 334 g/mol. The Morgan fingerprint density at radius 1 is 0.920 bits per heavy atom. The molecule has 0 bridgehead atoms. The molecule has 0 amide bonds. The van der Waals surface area contributed by atoms with Gasteiger partial charge in [-0.05, 0) is 59.5 Å². The molecule has 25 heavy (non-hydrogen) atoms. The van der Waals surface area contributed by atoms with E-state index in [1.807, 2.05) is 42.5 Å². The van der Waals surface area contributed by atoms with Gasteiger partial charge in [0.2, 0.25) is 10.0 Å². The normalized spacial score (nSPS) is 11.6. The van der Waals surface area contributed by atoms with Crippen LogP contribution in [0.1, 0.15) is 16.7 Å². The summed E-state index contributed by atoms with van der Waals surface area (Å²) >= 11 is 0. The highest BCUT2D eigenvalue weighted by Crippen LogP contribution is 2.26. The Hall–Kier alpha value is -2.37. The van der Waals surface area contributed by atoms with E-state index in [2.05, 4.69) is 4.72 Å².